The average molecular weight is 239 g/mol. The lowest BCUT2D eigenvalue weighted by Gasteiger charge is -2.11. The van der Waals surface area contributed by atoms with E-state index in [0.717, 1.165) is 0 Å². The van der Waals surface area contributed by atoms with Crippen molar-refractivity contribution in [2.75, 3.05) is 6.54 Å². The fourth-order valence-corrected chi connectivity index (χ4v) is 1.14. The van der Waals surface area contributed by atoms with E-state index < -0.39 is 41.3 Å². The monoisotopic (exact) mass is 239 g/mol. The van der Waals surface area contributed by atoms with Crippen LogP contribution in [-0.4, -0.2) is 12.3 Å². The van der Waals surface area contributed by atoms with Crippen molar-refractivity contribution >= 4 is 5.78 Å². The molecule has 2 N–H and O–H groups in total. The molecular formula is C9H6F5NO. The van der Waals surface area contributed by atoms with E-state index >= 15 is 0 Å². The van der Waals surface area contributed by atoms with Gasteiger partial charge in [0.2, 0.25) is 0 Å². The van der Waals surface area contributed by atoms with Crippen LogP contribution >= 0.6 is 0 Å². The summed E-state index contributed by atoms with van der Waals surface area (Å²) in [6.07, 6.45) is -5.20. The van der Waals surface area contributed by atoms with Gasteiger partial charge in [-0.15, -0.1) is 0 Å². The molecule has 7 heteroatoms. The van der Waals surface area contributed by atoms with Crippen LogP contribution in [0.5, 0.6) is 0 Å². The van der Waals surface area contributed by atoms with E-state index in [2.05, 4.69) is 0 Å². The Morgan fingerprint density at radius 3 is 2.25 bits per heavy atom. The van der Waals surface area contributed by atoms with Crippen LogP contribution in [0.3, 0.4) is 0 Å². The summed E-state index contributed by atoms with van der Waals surface area (Å²) in [7, 11) is 0. The number of ketones is 1. The van der Waals surface area contributed by atoms with E-state index in [1.165, 1.54) is 0 Å². The maximum atomic E-state index is 13.2. The molecule has 0 saturated heterocycles. The molecule has 0 bridgehead atoms. The second-order valence-electron chi connectivity index (χ2n) is 2.91. The quantitative estimate of drug-likeness (QED) is 0.634. The molecule has 0 aliphatic heterocycles. The first kappa shape index (κ1) is 12.6. The number of hydrogen-bond donors (Lipinski definition) is 1. The molecule has 0 aromatic heterocycles. The molecule has 0 heterocycles. The molecule has 1 aromatic rings. The molecule has 0 fully saturated rings. The molecule has 0 unspecified atom stereocenters. The van der Waals surface area contributed by atoms with E-state index in [1.54, 1.807) is 0 Å². The van der Waals surface area contributed by atoms with Gasteiger partial charge in [0.1, 0.15) is 17.2 Å². The van der Waals surface area contributed by atoms with Gasteiger partial charge in [0.25, 0.3) is 0 Å². The normalized spacial score (nSPS) is 11.6. The van der Waals surface area contributed by atoms with Crippen LogP contribution in [0.15, 0.2) is 12.1 Å². The highest BCUT2D eigenvalue weighted by molar-refractivity contribution is 5.97. The number of hydrogen-bond acceptors (Lipinski definition) is 2. The zero-order valence-electron chi connectivity index (χ0n) is 7.74. The third kappa shape index (κ3) is 2.19. The van der Waals surface area contributed by atoms with E-state index in [-0.39, 0.29) is 0 Å². The summed E-state index contributed by atoms with van der Waals surface area (Å²) in [6, 6.07) is 1.02. The molecule has 0 aliphatic rings. The highest BCUT2D eigenvalue weighted by Crippen LogP contribution is 2.34. The minimum Gasteiger partial charge on any atom is -0.324 e. The van der Waals surface area contributed by atoms with Crippen LogP contribution < -0.4 is 5.73 Å². The molecule has 0 atom stereocenters. The van der Waals surface area contributed by atoms with E-state index in [0.29, 0.717) is 12.1 Å². The maximum Gasteiger partial charge on any atom is 0.422 e. The average Bonchev–Trinajstić information content (AvgIpc) is 2.14. The smallest absolute Gasteiger partial charge is 0.324 e. The van der Waals surface area contributed by atoms with Crippen LogP contribution in [-0.2, 0) is 6.18 Å². The van der Waals surface area contributed by atoms with Gasteiger partial charge in [-0.25, -0.2) is 8.78 Å². The van der Waals surface area contributed by atoms with Gasteiger partial charge in [0.15, 0.2) is 5.78 Å². The SMILES string of the molecule is NCC(=O)c1ccc(F)c(C(F)(F)F)c1F. The molecule has 1 rings (SSSR count). The summed E-state index contributed by atoms with van der Waals surface area (Å²) < 4.78 is 62.7. The first-order chi connectivity index (χ1) is 7.29. The summed E-state index contributed by atoms with van der Waals surface area (Å²) in [4.78, 5) is 11.0. The second-order valence-corrected chi connectivity index (χ2v) is 2.91. The van der Waals surface area contributed by atoms with Gasteiger partial charge in [0, 0.05) is 0 Å². The molecule has 0 spiro atoms. The number of Topliss-reactive ketones (excluding diaryl/α,β-unsaturated/α-hetero) is 1. The molecule has 0 aliphatic carbocycles. The lowest BCUT2D eigenvalue weighted by atomic mass is 10.0. The number of alkyl halides is 3. The summed E-state index contributed by atoms with van der Waals surface area (Å²) in [5.41, 5.74) is 1.94. The Hall–Kier alpha value is -1.50. The Labute approximate surface area is 86.9 Å². The molecule has 0 saturated carbocycles. The van der Waals surface area contributed by atoms with Crippen molar-refractivity contribution < 1.29 is 26.7 Å². The van der Waals surface area contributed by atoms with Gasteiger partial charge in [-0.05, 0) is 12.1 Å². The third-order valence-corrected chi connectivity index (χ3v) is 1.86. The molecule has 88 valence electrons. The van der Waals surface area contributed by atoms with Crippen molar-refractivity contribution in [2.24, 2.45) is 5.73 Å². The lowest BCUT2D eigenvalue weighted by Crippen LogP contribution is -2.19. The van der Waals surface area contributed by atoms with E-state index in [4.69, 9.17) is 5.73 Å². The van der Waals surface area contributed by atoms with Crippen LogP contribution in [0.1, 0.15) is 15.9 Å². The Morgan fingerprint density at radius 2 is 1.81 bits per heavy atom. The van der Waals surface area contributed by atoms with E-state index in [1.807, 2.05) is 0 Å². The molecule has 1 aromatic carbocycles. The number of carbonyl (C=O) groups excluding carboxylic acids is 1. The first-order valence-electron chi connectivity index (χ1n) is 4.07. The van der Waals surface area contributed by atoms with Crippen molar-refractivity contribution in [1.82, 2.24) is 0 Å². The van der Waals surface area contributed by atoms with Gasteiger partial charge < -0.3 is 5.73 Å². The largest absolute Gasteiger partial charge is 0.422 e. The molecular weight excluding hydrogens is 233 g/mol. The minimum atomic E-state index is -5.20. The number of halogens is 5. The molecule has 16 heavy (non-hydrogen) atoms. The van der Waals surface area contributed by atoms with Crippen molar-refractivity contribution in [2.45, 2.75) is 6.18 Å². The fraction of sp³-hybridized carbons (Fsp3) is 0.222. The number of rotatable bonds is 2. The first-order valence-corrected chi connectivity index (χ1v) is 4.07. The Morgan fingerprint density at radius 1 is 1.25 bits per heavy atom. The van der Waals surface area contributed by atoms with Gasteiger partial charge >= 0.3 is 6.18 Å². The number of nitrogens with two attached hydrogens (primary N) is 1. The summed E-state index contributed by atoms with van der Waals surface area (Å²) >= 11 is 0. The maximum absolute atomic E-state index is 13.2. The highest BCUT2D eigenvalue weighted by Gasteiger charge is 2.39. The predicted octanol–water partition coefficient (Wildman–Crippen LogP) is 2.12. The molecule has 0 radical (unpaired) electrons. The topological polar surface area (TPSA) is 43.1 Å². The van der Waals surface area contributed by atoms with Crippen molar-refractivity contribution in [3.63, 3.8) is 0 Å². The van der Waals surface area contributed by atoms with E-state index in [9.17, 15) is 26.7 Å². The number of benzene rings is 1. The summed E-state index contributed by atoms with van der Waals surface area (Å²) in [6.45, 7) is -0.653. The third-order valence-electron chi connectivity index (χ3n) is 1.86. The lowest BCUT2D eigenvalue weighted by molar-refractivity contribution is -0.142. The van der Waals surface area contributed by atoms with Gasteiger partial charge in [0.05, 0.1) is 12.1 Å². The van der Waals surface area contributed by atoms with Gasteiger partial charge in [-0.2, -0.15) is 13.2 Å². The zero-order chi connectivity index (χ0) is 12.5. The predicted molar refractivity (Wildman–Crippen MR) is 44.7 cm³/mol. The summed E-state index contributed by atoms with van der Waals surface area (Å²) in [5.74, 6) is -4.72. The van der Waals surface area contributed by atoms with Crippen molar-refractivity contribution in [1.29, 1.82) is 0 Å². The fourth-order valence-electron chi connectivity index (χ4n) is 1.14. The van der Waals surface area contributed by atoms with Crippen LogP contribution in [0.4, 0.5) is 22.0 Å². The van der Waals surface area contributed by atoms with Crippen LogP contribution in [0, 0.1) is 11.6 Å². The zero-order valence-corrected chi connectivity index (χ0v) is 7.74. The van der Waals surface area contributed by atoms with Crippen LogP contribution in [0.2, 0.25) is 0 Å². The highest BCUT2D eigenvalue weighted by atomic mass is 19.4. The van der Waals surface area contributed by atoms with Gasteiger partial charge in [-0.1, -0.05) is 0 Å². The Kier molecular flexibility index (Phi) is 3.27. The second kappa shape index (κ2) is 4.17. The molecule has 0 amide bonds. The van der Waals surface area contributed by atoms with Crippen molar-refractivity contribution in [3.8, 4) is 0 Å². The summed E-state index contributed by atoms with van der Waals surface area (Å²) in [5, 5.41) is 0. The van der Waals surface area contributed by atoms with Gasteiger partial charge in [-0.3, -0.25) is 4.79 Å². The Balaban J connectivity index is 3.45. The standard InChI is InChI=1S/C9H6F5NO/c10-5-2-1-4(6(16)3-15)8(11)7(5)9(12,13)14/h1-2H,3,15H2. The van der Waals surface area contributed by atoms with Crippen LogP contribution in [0.25, 0.3) is 0 Å². The van der Waals surface area contributed by atoms with Crippen molar-refractivity contribution in [3.05, 3.63) is 34.9 Å². The minimum absolute atomic E-state index is 0.384. The number of carbonyl (C=O) groups is 1. The molecule has 2 nitrogen and oxygen atoms in total. The Bertz CT molecular complexity index is 427.